The largest absolute Gasteiger partial charge is 0.496 e. The Kier molecular flexibility index (Phi) is 5.12. The van der Waals surface area contributed by atoms with Crippen molar-refractivity contribution in [3.63, 3.8) is 0 Å². The lowest BCUT2D eigenvalue weighted by atomic mass is 10.1. The lowest BCUT2D eigenvalue weighted by Crippen LogP contribution is -1.98. The number of fused-ring (bicyclic) bond motifs is 1. The zero-order valence-corrected chi connectivity index (χ0v) is 15.5. The van der Waals surface area contributed by atoms with E-state index in [-0.39, 0.29) is 11.5 Å². The van der Waals surface area contributed by atoms with Gasteiger partial charge >= 0.3 is 0 Å². The molecule has 1 aliphatic rings. The summed E-state index contributed by atoms with van der Waals surface area (Å²) in [5.74, 6) is 2.12. The molecule has 0 bridgehead atoms. The number of carbonyl (C=O) groups excluding carboxylic acids is 1. The molecule has 0 atom stereocenters. The van der Waals surface area contributed by atoms with E-state index in [1.165, 1.54) is 5.57 Å². The van der Waals surface area contributed by atoms with Crippen LogP contribution in [0.4, 0.5) is 0 Å². The van der Waals surface area contributed by atoms with Gasteiger partial charge in [-0.25, -0.2) is 0 Å². The third-order valence-corrected chi connectivity index (χ3v) is 4.19. The van der Waals surface area contributed by atoms with Gasteiger partial charge in [0.15, 0.2) is 5.76 Å². The summed E-state index contributed by atoms with van der Waals surface area (Å²) in [6, 6.07) is 11.1. The maximum Gasteiger partial charge on any atom is 0.231 e. The smallest absolute Gasteiger partial charge is 0.231 e. The molecule has 0 saturated carbocycles. The average Bonchev–Trinajstić information content (AvgIpc) is 2.94. The Morgan fingerprint density at radius 1 is 1.12 bits per heavy atom. The zero-order chi connectivity index (χ0) is 18.7. The number of allylic oxidation sites excluding steroid dienone is 2. The Morgan fingerprint density at radius 2 is 1.88 bits per heavy atom. The fourth-order valence-corrected chi connectivity index (χ4v) is 2.75. The summed E-state index contributed by atoms with van der Waals surface area (Å²) in [4.78, 5) is 12.7. The van der Waals surface area contributed by atoms with Gasteiger partial charge < -0.3 is 14.2 Å². The summed E-state index contributed by atoms with van der Waals surface area (Å²) in [5, 5.41) is 0. The number of hydrogen-bond donors (Lipinski definition) is 0. The van der Waals surface area contributed by atoms with E-state index in [2.05, 4.69) is 0 Å². The van der Waals surface area contributed by atoms with Crippen molar-refractivity contribution in [2.24, 2.45) is 0 Å². The van der Waals surface area contributed by atoms with Crippen molar-refractivity contribution in [3.8, 4) is 17.2 Å². The van der Waals surface area contributed by atoms with Crippen LogP contribution in [-0.2, 0) is 0 Å². The standard InChI is InChI=1S/C22H22O4/c1-14(2)11-12-25-18-10-9-17-21(23)20(26-22(17)15(18)3)13-16-7-5-6-8-19(16)24-4/h5-11,13H,12H2,1-4H3/b20-13-. The molecule has 2 aromatic carbocycles. The molecule has 0 aliphatic carbocycles. The number of methoxy groups -OCH3 is 1. The average molecular weight is 350 g/mol. The first-order valence-electron chi connectivity index (χ1n) is 8.48. The van der Waals surface area contributed by atoms with Crippen LogP contribution in [-0.4, -0.2) is 19.5 Å². The second-order valence-electron chi connectivity index (χ2n) is 6.34. The molecule has 26 heavy (non-hydrogen) atoms. The summed E-state index contributed by atoms with van der Waals surface area (Å²) in [7, 11) is 1.60. The van der Waals surface area contributed by atoms with Crippen molar-refractivity contribution in [3.05, 3.63) is 70.5 Å². The van der Waals surface area contributed by atoms with Gasteiger partial charge in [-0.3, -0.25) is 4.79 Å². The number of benzene rings is 2. The first kappa shape index (κ1) is 17.8. The minimum atomic E-state index is -0.134. The highest BCUT2D eigenvalue weighted by Crippen LogP contribution is 2.39. The van der Waals surface area contributed by atoms with E-state index >= 15 is 0 Å². The van der Waals surface area contributed by atoms with Gasteiger partial charge in [-0.1, -0.05) is 23.8 Å². The van der Waals surface area contributed by atoms with E-state index in [0.29, 0.717) is 29.4 Å². The number of rotatable bonds is 5. The number of ether oxygens (including phenoxy) is 3. The third kappa shape index (κ3) is 3.49. The molecule has 4 nitrogen and oxygen atoms in total. The number of Topliss-reactive ketones (excluding diaryl/α,β-unsaturated/α-hetero) is 1. The lowest BCUT2D eigenvalue weighted by molar-refractivity contribution is 0.101. The van der Waals surface area contributed by atoms with E-state index in [1.54, 1.807) is 19.3 Å². The van der Waals surface area contributed by atoms with Crippen molar-refractivity contribution < 1.29 is 19.0 Å². The van der Waals surface area contributed by atoms with Crippen LogP contribution < -0.4 is 14.2 Å². The Morgan fingerprint density at radius 3 is 2.62 bits per heavy atom. The van der Waals surface area contributed by atoms with Gasteiger partial charge in [0.1, 0.15) is 23.9 Å². The number of carbonyl (C=O) groups is 1. The second-order valence-corrected chi connectivity index (χ2v) is 6.34. The van der Waals surface area contributed by atoms with Crippen molar-refractivity contribution >= 4 is 11.9 Å². The van der Waals surface area contributed by atoms with E-state index < -0.39 is 0 Å². The minimum Gasteiger partial charge on any atom is -0.496 e. The molecule has 0 radical (unpaired) electrons. The predicted molar refractivity (Wildman–Crippen MR) is 102 cm³/mol. The maximum atomic E-state index is 12.7. The van der Waals surface area contributed by atoms with Crippen LogP contribution in [0.15, 0.2) is 53.8 Å². The van der Waals surface area contributed by atoms with Crippen molar-refractivity contribution in [1.82, 2.24) is 0 Å². The van der Waals surface area contributed by atoms with Gasteiger partial charge in [-0.15, -0.1) is 0 Å². The topological polar surface area (TPSA) is 44.8 Å². The summed E-state index contributed by atoms with van der Waals surface area (Å²) in [6.45, 7) is 6.43. The van der Waals surface area contributed by atoms with Crippen molar-refractivity contribution in [2.45, 2.75) is 20.8 Å². The van der Waals surface area contributed by atoms with Crippen LogP contribution >= 0.6 is 0 Å². The van der Waals surface area contributed by atoms with Gasteiger partial charge in [0, 0.05) is 11.1 Å². The molecule has 4 heteroatoms. The van der Waals surface area contributed by atoms with E-state index in [9.17, 15) is 4.79 Å². The number of hydrogen-bond acceptors (Lipinski definition) is 4. The molecule has 0 fully saturated rings. The first-order valence-corrected chi connectivity index (χ1v) is 8.48. The Balaban J connectivity index is 1.90. The molecule has 0 spiro atoms. The van der Waals surface area contributed by atoms with Gasteiger partial charge in [0.2, 0.25) is 5.78 Å². The van der Waals surface area contributed by atoms with Crippen LogP contribution in [0.1, 0.15) is 35.3 Å². The van der Waals surface area contributed by atoms with Crippen molar-refractivity contribution in [1.29, 1.82) is 0 Å². The molecule has 1 aliphatic heterocycles. The Labute approximate surface area is 153 Å². The quantitative estimate of drug-likeness (QED) is 0.564. The van der Waals surface area contributed by atoms with E-state index in [1.807, 2.05) is 57.2 Å². The second kappa shape index (κ2) is 7.48. The summed E-state index contributed by atoms with van der Waals surface area (Å²) in [5.41, 5.74) is 3.36. The molecule has 0 N–H and O–H groups in total. The molecular weight excluding hydrogens is 328 g/mol. The Hall–Kier alpha value is -3.01. The predicted octanol–water partition coefficient (Wildman–Crippen LogP) is 4.96. The van der Waals surface area contributed by atoms with E-state index in [4.69, 9.17) is 14.2 Å². The zero-order valence-electron chi connectivity index (χ0n) is 15.5. The summed E-state index contributed by atoms with van der Waals surface area (Å²) in [6.07, 6.45) is 3.72. The lowest BCUT2D eigenvalue weighted by Gasteiger charge is -2.10. The summed E-state index contributed by atoms with van der Waals surface area (Å²) >= 11 is 0. The first-order chi connectivity index (χ1) is 12.5. The van der Waals surface area contributed by atoms with Gasteiger partial charge in [-0.2, -0.15) is 0 Å². The molecule has 0 saturated heterocycles. The van der Waals surface area contributed by atoms with Crippen LogP contribution in [0.2, 0.25) is 0 Å². The molecule has 2 aromatic rings. The van der Waals surface area contributed by atoms with Crippen LogP contribution in [0.25, 0.3) is 6.08 Å². The fourth-order valence-electron chi connectivity index (χ4n) is 2.75. The number of ketones is 1. The molecule has 0 amide bonds. The molecular formula is C22H22O4. The van der Waals surface area contributed by atoms with Crippen LogP contribution in [0, 0.1) is 6.92 Å². The highest BCUT2D eigenvalue weighted by Gasteiger charge is 2.30. The molecule has 0 aromatic heterocycles. The number of para-hydroxylation sites is 1. The normalized spacial score (nSPS) is 14.0. The maximum absolute atomic E-state index is 12.7. The Bertz CT molecular complexity index is 902. The van der Waals surface area contributed by atoms with Gasteiger partial charge in [-0.05, 0) is 51.1 Å². The van der Waals surface area contributed by atoms with Gasteiger partial charge in [0.05, 0.1) is 12.7 Å². The fraction of sp³-hybridized carbons (Fsp3) is 0.227. The molecule has 134 valence electrons. The molecule has 1 heterocycles. The molecule has 0 unspecified atom stereocenters. The van der Waals surface area contributed by atoms with E-state index in [0.717, 1.165) is 11.1 Å². The third-order valence-electron chi connectivity index (χ3n) is 4.19. The van der Waals surface area contributed by atoms with Crippen LogP contribution in [0.5, 0.6) is 17.2 Å². The molecule has 3 rings (SSSR count). The minimum absolute atomic E-state index is 0.134. The van der Waals surface area contributed by atoms with Crippen molar-refractivity contribution in [2.75, 3.05) is 13.7 Å². The highest BCUT2D eigenvalue weighted by atomic mass is 16.5. The van der Waals surface area contributed by atoms with Gasteiger partial charge in [0.25, 0.3) is 0 Å². The van der Waals surface area contributed by atoms with Crippen LogP contribution in [0.3, 0.4) is 0 Å². The SMILES string of the molecule is COc1ccccc1/C=C1\Oc2c(ccc(OCC=C(C)C)c2C)C1=O. The highest BCUT2D eigenvalue weighted by molar-refractivity contribution is 6.15. The summed E-state index contributed by atoms with van der Waals surface area (Å²) < 4.78 is 17.0. The monoisotopic (exact) mass is 350 g/mol.